The molecule has 0 saturated heterocycles. The molecule has 0 aliphatic heterocycles. The van der Waals surface area contributed by atoms with E-state index in [-0.39, 0.29) is 6.03 Å². The molecule has 0 fully saturated rings. The van der Waals surface area contributed by atoms with Crippen molar-refractivity contribution in [1.29, 1.82) is 0 Å². The summed E-state index contributed by atoms with van der Waals surface area (Å²) in [6, 6.07) is 9.07. The number of benzene rings is 1. The van der Waals surface area contributed by atoms with Gasteiger partial charge in [-0.2, -0.15) is 0 Å². The number of nitrogens with one attached hydrogen (secondary N) is 1. The summed E-state index contributed by atoms with van der Waals surface area (Å²) in [5.74, 6) is 0. The standard InChI is InChI=1S/C16H19ClN2O3/c1-21-9-7-19(11-14-6-8-22-12-14)16(20)18-10-13-2-4-15(17)5-3-13/h2-6,8,12H,7,9-11H2,1H3,(H,18,20). The van der Waals surface area contributed by atoms with E-state index in [0.717, 1.165) is 11.1 Å². The lowest BCUT2D eigenvalue weighted by Crippen LogP contribution is -2.40. The number of methoxy groups -OCH3 is 1. The Kier molecular flexibility index (Phi) is 6.30. The third kappa shape index (κ3) is 5.09. The van der Waals surface area contributed by atoms with E-state index in [4.69, 9.17) is 20.8 Å². The number of ether oxygens (including phenoxy) is 1. The molecule has 0 aliphatic rings. The summed E-state index contributed by atoms with van der Waals surface area (Å²) >= 11 is 5.84. The third-order valence-corrected chi connectivity index (χ3v) is 3.42. The molecule has 0 aliphatic carbocycles. The van der Waals surface area contributed by atoms with Crippen molar-refractivity contribution >= 4 is 17.6 Å². The van der Waals surface area contributed by atoms with Crippen LogP contribution in [-0.4, -0.2) is 31.2 Å². The molecule has 0 atom stereocenters. The van der Waals surface area contributed by atoms with E-state index in [2.05, 4.69) is 5.32 Å². The second-order valence-corrected chi connectivity index (χ2v) is 5.27. The van der Waals surface area contributed by atoms with Crippen LogP contribution in [0.4, 0.5) is 4.79 Å². The fourth-order valence-electron chi connectivity index (χ4n) is 1.95. The number of hydrogen-bond acceptors (Lipinski definition) is 3. The minimum Gasteiger partial charge on any atom is -0.472 e. The van der Waals surface area contributed by atoms with Crippen molar-refractivity contribution in [2.75, 3.05) is 20.3 Å². The van der Waals surface area contributed by atoms with E-state index in [1.807, 2.05) is 18.2 Å². The average molecular weight is 323 g/mol. The first-order valence-electron chi connectivity index (χ1n) is 6.96. The first-order valence-corrected chi connectivity index (χ1v) is 7.34. The summed E-state index contributed by atoms with van der Waals surface area (Å²) in [5.41, 5.74) is 1.94. The molecule has 0 spiro atoms. The van der Waals surface area contributed by atoms with Crippen LogP contribution < -0.4 is 5.32 Å². The molecule has 1 aromatic carbocycles. The highest BCUT2D eigenvalue weighted by Gasteiger charge is 2.14. The third-order valence-electron chi connectivity index (χ3n) is 3.16. The molecule has 22 heavy (non-hydrogen) atoms. The van der Waals surface area contributed by atoms with Crippen LogP contribution in [0, 0.1) is 0 Å². The molecule has 1 aromatic heterocycles. The van der Waals surface area contributed by atoms with E-state index in [1.54, 1.807) is 36.7 Å². The maximum Gasteiger partial charge on any atom is 0.318 e. The smallest absolute Gasteiger partial charge is 0.318 e. The molecule has 5 nitrogen and oxygen atoms in total. The zero-order chi connectivity index (χ0) is 15.8. The minimum atomic E-state index is -0.145. The molecule has 0 radical (unpaired) electrons. The lowest BCUT2D eigenvalue weighted by Gasteiger charge is -2.22. The number of halogens is 1. The highest BCUT2D eigenvalue weighted by molar-refractivity contribution is 6.30. The highest BCUT2D eigenvalue weighted by Crippen LogP contribution is 2.10. The molecule has 2 aromatic rings. The number of carbonyl (C=O) groups excluding carboxylic acids is 1. The number of urea groups is 1. The molecule has 1 heterocycles. The zero-order valence-electron chi connectivity index (χ0n) is 12.4. The van der Waals surface area contributed by atoms with Gasteiger partial charge in [-0.3, -0.25) is 0 Å². The molecule has 2 amide bonds. The Labute approximate surface area is 134 Å². The van der Waals surface area contributed by atoms with Crippen LogP contribution >= 0.6 is 11.6 Å². The van der Waals surface area contributed by atoms with Gasteiger partial charge in [-0.15, -0.1) is 0 Å². The fraction of sp³-hybridized carbons (Fsp3) is 0.312. The predicted molar refractivity (Wildman–Crippen MR) is 84.7 cm³/mol. The Hall–Kier alpha value is -1.98. The molecule has 0 bridgehead atoms. The Bertz CT molecular complexity index is 570. The van der Waals surface area contributed by atoms with Gasteiger partial charge in [0.05, 0.1) is 25.7 Å². The fourth-order valence-corrected chi connectivity index (χ4v) is 2.07. The second kappa shape index (κ2) is 8.46. The molecule has 1 N–H and O–H groups in total. The number of amides is 2. The zero-order valence-corrected chi connectivity index (χ0v) is 13.2. The van der Waals surface area contributed by atoms with Crippen molar-refractivity contribution in [2.45, 2.75) is 13.1 Å². The number of furan rings is 1. The van der Waals surface area contributed by atoms with Crippen molar-refractivity contribution in [3.63, 3.8) is 0 Å². The summed E-state index contributed by atoms with van der Waals surface area (Å²) < 4.78 is 10.1. The Morgan fingerprint density at radius 1 is 1.27 bits per heavy atom. The molecule has 118 valence electrons. The van der Waals surface area contributed by atoms with Gasteiger partial charge in [0.15, 0.2) is 0 Å². The second-order valence-electron chi connectivity index (χ2n) is 4.83. The number of carbonyl (C=O) groups is 1. The van der Waals surface area contributed by atoms with Gasteiger partial charge in [0, 0.05) is 30.8 Å². The number of hydrogen-bond donors (Lipinski definition) is 1. The predicted octanol–water partition coefficient (Wildman–Crippen LogP) is 3.29. The van der Waals surface area contributed by atoms with Gasteiger partial charge in [-0.05, 0) is 23.8 Å². The van der Waals surface area contributed by atoms with Gasteiger partial charge in [0.25, 0.3) is 0 Å². The van der Waals surface area contributed by atoms with Crippen LogP contribution in [0.25, 0.3) is 0 Å². The minimum absolute atomic E-state index is 0.145. The van der Waals surface area contributed by atoms with E-state index < -0.39 is 0 Å². The van der Waals surface area contributed by atoms with Gasteiger partial charge < -0.3 is 19.4 Å². The van der Waals surface area contributed by atoms with E-state index in [9.17, 15) is 4.79 Å². The number of nitrogens with zero attached hydrogens (tertiary/aromatic N) is 1. The van der Waals surface area contributed by atoms with Gasteiger partial charge >= 0.3 is 6.03 Å². The lowest BCUT2D eigenvalue weighted by molar-refractivity contribution is 0.146. The molecule has 0 saturated carbocycles. The van der Waals surface area contributed by atoms with E-state index in [1.165, 1.54) is 0 Å². The van der Waals surface area contributed by atoms with E-state index >= 15 is 0 Å². The molecular formula is C16H19ClN2O3. The topological polar surface area (TPSA) is 54.7 Å². The summed E-state index contributed by atoms with van der Waals surface area (Å²) in [6.45, 7) is 1.91. The van der Waals surface area contributed by atoms with Crippen molar-refractivity contribution in [3.05, 3.63) is 59.0 Å². The molecular weight excluding hydrogens is 304 g/mol. The van der Waals surface area contributed by atoms with Crippen molar-refractivity contribution in [3.8, 4) is 0 Å². The SMILES string of the molecule is COCCN(Cc1ccoc1)C(=O)NCc1ccc(Cl)cc1. The van der Waals surface area contributed by atoms with Crippen LogP contribution in [0.3, 0.4) is 0 Å². The first-order chi connectivity index (χ1) is 10.7. The van der Waals surface area contributed by atoms with Crippen LogP contribution in [0.5, 0.6) is 0 Å². The Morgan fingerprint density at radius 2 is 2.05 bits per heavy atom. The van der Waals surface area contributed by atoms with Crippen molar-refractivity contribution in [2.24, 2.45) is 0 Å². The highest BCUT2D eigenvalue weighted by atomic mass is 35.5. The first kappa shape index (κ1) is 16.4. The summed E-state index contributed by atoms with van der Waals surface area (Å²) in [6.07, 6.45) is 3.22. The maximum absolute atomic E-state index is 12.3. The Balaban J connectivity index is 1.91. The van der Waals surface area contributed by atoms with Crippen molar-refractivity contribution in [1.82, 2.24) is 10.2 Å². The lowest BCUT2D eigenvalue weighted by atomic mass is 10.2. The van der Waals surface area contributed by atoms with Crippen LogP contribution in [0.1, 0.15) is 11.1 Å². The van der Waals surface area contributed by atoms with Crippen LogP contribution in [0.2, 0.25) is 5.02 Å². The average Bonchev–Trinajstić information content (AvgIpc) is 3.03. The quantitative estimate of drug-likeness (QED) is 0.851. The summed E-state index contributed by atoms with van der Waals surface area (Å²) in [4.78, 5) is 14.0. The Morgan fingerprint density at radius 3 is 2.68 bits per heavy atom. The van der Waals surface area contributed by atoms with Gasteiger partial charge in [-0.1, -0.05) is 23.7 Å². The van der Waals surface area contributed by atoms with Gasteiger partial charge in [0.2, 0.25) is 0 Å². The van der Waals surface area contributed by atoms with Crippen molar-refractivity contribution < 1.29 is 13.9 Å². The van der Waals surface area contributed by atoms with Crippen LogP contribution in [-0.2, 0) is 17.8 Å². The normalized spacial score (nSPS) is 10.5. The molecule has 0 unspecified atom stereocenters. The summed E-state index contributed by atoms with van der Waals surface area (Å²) in [7, 11) is 1.61. The number of rotatable bonds is 7. The van der Waals surface area contributed by atoms with E-state index in [0.29, 0.717) is 31.3 Å². The van der Waals surface area contributed by atoms with Crippen LogP contribution in [0.15, 0.2) is 47.3 Å². The molecule has 6 heteroatoms. The monoisotopic (exact) mass is 322 g/mol. The van der Waals surface area contributed by atoms with Gasteiger partial charge in [0.1, 0.15) is 0 Å². The maximum atomic E-state index is 12.3. The van der Waals surface area contributed by atoms with Gasteiger partial charge in [-0.25, -0.2) is 4.79 Å². The molecule has 2 rings (SSSR count). The largest absolute Gasteiger partial charge is 0.472 e. The summed E-state index contributed by atoms with van der Waals surface area (Å²) in [5, 5.41) is 3.58.